The van der Waals surface area contributed by atoms with E-state index in [1.165, 1.54) is 6.92 Å². The van der Waals surface area contributed by atoms with Crippen molar-refractivity contribution in [1.29, 1.82) is 0 Å². The Labute approximate surface area is 194 Å². The van der Waals surface area contributed by atoms with Crippen LogP contribution in [0.5, 0.6) is 5.75 Å². The third-order valence-corrected chi connectivity index (χ3v) is 7.88. The summed E-state index contributed by atoms with van der Waals surface area (Å²) >= 11 is 0. The quantitative estimate of drug-likeness (QED) is 0.485. The van der Waals surface area contributed by atoms with E-state index < -0.39 is 15.9 Å². The van der Waals surface area contributed by atoms with Crippen LogP contribution in [0, 0.1) is 0 Å². The molecule has 0 spiro atoms. The van der Waals surface area contributed by atoms with E-state index in [9.17, 15) is 18.3 Å². The van der Waals surface area contributed by atoms with Crippen molar-refractivity contribution < 1.29 is 23.1 Å². The molecule has 33 heavy (non-hydrogen) atoms. The van der Waals surface area contributed by atoms with Crippen LogP contribution in [0.2, 0.25) is 0 Å². The summed E-state index contributed by atoms with van der Waals surface area (Å²) in [6, 6.07) is 20.9. The van der Waals surface area contributed by atoms with Crippen LogP contribution in [-0.2, 0) is 16.4 Å². The van der Waals surface area contributed by atoms with Crippen LogP contribution >= 0.6 is 0 Å². The predicted octanol–water partition coefficient (Wildman–Crippen LogP) is 3.47. The average Bonchev–Trinajstić information content (AvgIpc) is 3.17. The van der Waals surface area contributed by atoms with Crippen LogP contribution < -0.4 is 4.74 Å². The molecular weight excluding hydrogens is 438 g/mol. The lowest BCUT2D eigenvalue weighted by molar-refractivity contribution is 0.0526. The van der Waals surface area contributed by atoms with Gasteiger partial charge in [-0.2, -0.15) is 0 Å². The number of rotatable bonds is 9. The minimum Gasteiger partial charge on any atom is -0.491 e. The van der Waals surface area contributed by atoms with Gasteiger partial charge in [-0.3, -0.25) is 9.69 Å². The first-order valence-electron chi connectivity index (χ1n) is 11.1. The SMILES string of the molecule is CC(=O)c1ccc(OCC(O)CN(Cc2cccc3ccccc23)C2CCS(=O)(=O)C2)cc1. The number of sulfone groups is 1. The van der Waals surface area contributed by atoms with E-state index in [1.807, 2.05) is 18.2 Å². The number of hydrogen-bond donors (Lipinski definition) is 1. The lowest BCUT2D eigenvalue weighted by atomic mass is 10.0. The van der Waals surface area contributed by atoms with Crippen molar-refractivity contribution in [2.75, 3.05) is 24.7 Å². The molecule has 1 aliphatic heterocycles. The molecular formula is C26H29NO5S. The van der Waals surface area contributed by atoms with Crippen LogP contribution in [0.25, 0.3) is 10.8 Å². The number of benzene rings is 3. The standard InChI is InChI=1S/C26H29NO5S/c1-19(28)20-9-11-25(12-10-20)32-17-24(29)16-27(23-13-14-33(30,31)18-23)15-22-7-4-6-21-5-2-3-8-26(21)22/h2-12,23-24,29H,13-18H2,1H3. The van der Waals surface area contributed by atoms with Gasteiger partial charge in [0.2, 0.25) is 0 Å². The Bertz CT molecular complexity index is 1220. The maximum atomic E-state index is 12.1. The van der Waals surface area contributed by atoms with Gasteiger partial charge in [-0.25, -0.2) is 8.42 Å². The molecule has 7 heteroatoms. The molecule has 0 radical (unpaired) electrons. The number of ether oxygens (including phenoxy) is 1. The van der Waals surface area contributed by atoms with Crippen molar-refractivity contribution in [3.63, 3.8) is 0 Å². The largest absolute Gasteiger partial charge is 0.491 e. The molecule has 0 saturated carbocycles. The highest BCUT2D eigenvalue weighted by atomic mass is 32.2. The molecule has 0 aliphatic carbocycles. The van der Waals surface area contributed by atoms with Crippen molar-refractivity contribution in [2.24, 2.45) is 0 Å². The Hall–Kier alpha value is -2.74. The zero-order valence-corrected chi connectivity index (χ0v) is 19.5. The molecule has 6 nitrogen and oxygen atoms in total. The lowest BCUT2D eigenvalue weighted by Crippen LogP contribution is -2.42. The highest BCUT2D eigenvalue weighted by molar-refractivity contribution is 7.91. The van der Waals surface area contributed by atoms with Gasteiger partial charge in [0.25, 0.3) is 0 Å². The Kier molecular flexibility index (Phi) is 7.12. The molecule has 0 amide bonds. The zero-order valence-electron chi connectivity index (χ0n) is 18.7. The average molecular weight is 468 g/mol. The van der Waals surface area contributed by atoms with Crippen LogP contribution in [0.3, 0.4) is 0 Å². The van der Waals surface area contributed by atoms with Gasteiger partial charge in [-0.05, 0) is 53.9 Å². The summed E-state index contributed by atoms with van der Waals surface area (Å²) in [5.74, 6) is 0.844. The molecule has 1 fully saturated rings. The van der Waals surface area contributed by atoms with Gasteiger partial charge in [-0.1, -0.05) is 42.5 Å². The van der Waals surface area contributed by atoms with E-state index in [4.69, 9.17) is 4.74 Å². The van der Waals surface area contributed by atoms with Crippen LogP contribution in [-0.4, -0.2) is 61.0 Å². The van der Waals surface area contributed by atoms with E-state index in [2.05, 4.69) is 29.2 Å². The van der Waals surface area contributed by atoms with Gasteiger partial charge in [0.1, 0.15) is 18.5 Å². The monoisotopic (exact) mass is 467 g/mol. The molecule has 1 aliphatic rings. The second-order valence-electron chi connectivity index (χ2n) is 8.67. The fourth-order valence-corrected chi connectivity index (χ4v) is 6.12. The first-order chi connectivity index (χ1) is 15.8. The van der Waals surface area contributed by atoms with Crippen LogP contribution in [0.1, 0.15) is 29.3 Å². The van der Waals surface area contributed by atoms with Crippen molar-refractivity contribution in [1.82, 2.24) is 4.90 Å². The number of carbonyl (C=O) groups is 1. The van der Waals surface area contributed by atoms with E-state index >= 15 is 0 Å². The summed E-state index contributed by atoms with van der Waals surface area (Å²) in [6.07, 6.45) is -0.233. The molecule has 174 valence electrons. The number of nitrogens with zero attached hydrogens (tertiary/aromatic N) is 1. The number of ketones is 1. The summed E-state index contributed by atoms with van der Waals surface area (Å²) in [5.41, 5.74) is 1.71. The van der Waals surface area contributed by atoms with Gasteiger partial charge in [-0.15, -0.1) is 0 Å². The zero-order chi connectivity index (χ0) is 23.4. The third-order valence-electron chi connectivity index (χ3n) is 6.13. The molecule has 4 rings (SSSR count). The van der Waals surface area contributed by atoms with Crippen LogP contribution in [0.4, 0.5) is 0 Å². The molecule has 1 heterocycles. The normalized spacial score (nSPS) is 18.5. The van der Waals surface area contributed by atoms with E-state index in [0.29, 0.717) is 30.8 Å². The second-order valence-corrected chi connectivity index (χ2v) is 10.9. The summed E-state index contributed by atoms with van der Waals surface area (Å²) in [6.45, 7) is 2.43. The van der Waals surface area contributed by atoms with Crippen molar-refractivity contribution in [2.45, 2.75) is 32.0 Å². The molecule has 3 aromatic rings. The van der Waals surface area contributed by atoms with Gasteiger partial charge in [0, 0.05) is 24.7 Å². The van der Waals surface area contributed by atoms with Crippen LogP contribution in [0.15, 0.2) is 66.7 Å². The maximum absolute atomic E-state index is 12.1. The number of aliphatic hydroxyl groups is 1. The molecule has 2 atom stereocenters. The summed E-state index contributed by atoms with van der Waals surface area (Å²) < 4.78 is 30.0. The Morgan fingerprint density at radius 1 is 1.09 bits per heavy atom. The highest BCUT2D eigenvalue weighted by Crippen LogP contribution is 2.25. The Morgan fingerprint density at radius 3 is 2.52 bits per heavy atom. The summed E-state index contributed by atoms with van der Waals surface area (Å²) in [5, 5.41) is 13.0. The molecule has 2 unspecified atom stereocenters. The predicted molar refractivity (Wildman–Crippen MR) is 129 cm³/mol. The number of hydrogen-bond acceptors (Lipinski definition) is 6. The minimum atomic E-state index is -3.06. The van der Waals surface area contributed by atoms with E-state index in [-0.39, 0.29) is 29.9 Å². The minimum absolute atomic E-state index is 0.0165. The second kappa shape index (κ2) is 10.0. The number of fused-ring (bicyclic) bond motifs is 1. The topological polar surface area (TPSA) is 83.9 Å². The van der Waals surface area contributed by atoms with Gasteiger partial charge in [0.15, 0.2) is 15.6 Å². The fourth-order valence-electron chi connectivity index (χ4n) is 4.36. The fraction of sp³-hybridized carbons (Fsp3) is 0.346. The molecule has 3 aromatic carbocycles. The number of Topliss-reactive ketones (excluding diaryl/α,β-unsaturated/α-hetero) is 1. The lowest BCUT2D eigenvalue weighted by Gasteiger charge is -2.30. The molecule has 1 saturated heterocycles. The first-order valence-corrected chi connectivity index (χ1v) is 13.0. The molecule has 0 aromatic heterocycles. The van der Waals surface area contributed by atoms with Crippen molar-refractivity contribution in [3.8, 4) is 5.75 Å². The van der Waals surface area contributed by atoms with Gasteiger partial charge < -0.3 is 9.84 Å². The Morgan fingerprint density at radius 2 is 1.82 bits per heavy atom. The smallest absolute Gasteiger partial charge is 0.159 e. The van der Waals surface area contributed by atoms with E-state index in [1.54, 1.807) is 24.3 Å². The molecule has 1 N–H and O–H groups in total. The van der Waals surface area contributed by atoms with Crippen molar-refractivity contribution in [3.05, 3.63) is 77.9 Å². The van der Waals surface area contributed by atoms with Gasteiger partial charge >= 0.3 is 0 Å². The van der Waals surface area contributed by atoms with Crippen molar-refractivity contribution >= 4 is 26.4 Å². The van der Waals surface area contributed by atoms with E-state index in [0.717, 1.165) is 16.3 Å². The molecule has 0 bridgehead atoms. The highest BCUT2D eigenvalue weighted by Gasteiger charge is 2.33. The summed E-state index contributed by atoms with van der Waals surface area (Å²) in [7, 11) is -3.06. The Balaban J connectivity index is 1.47. The summed E-state index contributed by atoms with van der Waals surface area (Å²) in [4.78, 5) is 13.5. The van der Waals surface area contributed by atoms with Gasteiger partial charge in [0.05, 0.1) is 11.5 Å². The number of aliphatic hydroxyl groups excluding tert-OH is 1. The number of carbonyl (C=O) groups excluding carboxylic acids is 1. The first kappa shape index (κ1) is 23.4. The third kappa shape index (κ3) is 5.99. The maximum Gasteiger partial charge on any atom is 0.159 e.